The van der Waals surface area contributed by atoms with Crippen LogP contribution >= 0.6 is 11.8 Å². The van der Waals surface area contributed by atoms with E-state index in [4.69, 9.17) is 4.74 Å². The summed E-state index contributed by atoms with van der Waals surface area (Å²) in [6.07, 6.45) is -0.209. The molecule has 2 rings (SSSR count). The molecule has 1 fully saturated rings. The molecule has 0 saturated carbocycles. The average molecular weight is 308 g/mol. The maximum Gasteiger partial charge on any atom is 0.410 e. The van der Waals surface area contributed by atoms with Gasteiger partial charge in [-0.1, -0.05) is 18.2 Å². The van der Waals surface area contributed by atoms with Gasteiger partial charge in [0.25, 0.3) is 0 Å². The Labute approximate surface area is 131 Å². The first-order chi connectivity index (χ1) is 9.94. The standard InChI is InChI=1S/C16H24N2O2S/c1-16(2,3)20-15(19)18-11-13(12-18)17-9-10-21-14-7-5-4-6-8-14/h4-8,13,17H,9-12H2,1-3H3. The minimum absolute atomic E-state index is 0.209. The molecule has 21 heavy (non-hydrogen) atoms. The Morgan fingerprint density at radius 1 is 1.33 bits per heavy atom. The van der Waals surface area contributed by atoms with E-state index in [1.807, 2.05) is 38.6 Å². The van der Waals surface area contributed by atoms with Crippen molar-refractivity contribution in [1.82, 2.24) is 10.2 Å². The van der Waals surface area contributed by atoms with E-state index in [9.17, 15) is 4.79 Å². The summed E-state index contributed by atoms with van der Waals surface area (Å²) >= 11 is 1.84. The second-order valence-electron chi connectivity index (χ2n) is 6.20. The zero-order valence-corrected chi connectivity index (χ0v) is 13.8. The lowest BCUT2D eigenvalue weighted by atomic mass is 10.1. The van der Waals surface area contributed by atoms with Crippen molar-refractivity contribution in [3.05, 3.63) is 30.3 Å². The van der Waals surface area contributed by atoms with Crippen molar-refractivity contribution in [2.45, 2.75) is 37.3 Å². The van der Waals surface area contributed by atoms with Crippen molar-refractivity contribution in [3.63, 3.8) is 0 Å². The van der Waals surface area contributed by atoms with Crippen molar-refractivity contribution in [3.8, 4) is 0 Å². The third-order valence-electron chi connectivity index (χ3n) is 3.08. The van der Waals surface area contributed by atoms with E-state index in [0.717, 1.165) is 25.4 Å². The predicted molar refractivity (Wildman–Crippen MR) is 86.8 cm³/mol. The summed E-state index contributed by atoms with van der Waals surface area (Å²) in [5.41, 5.74) is -0.415. The number of carbonyl (C=O) groups is 1. The molecule has 1 N–H and O–H groups in total. The molecule has 0 spiro atoms. The molecule has 1 aliphatic rings. The van der Waals surface area contributed by atoms with E-state index in [-0.39, 0.29) is 6.09 Å². The minimum Gasteiger partial charge on any atom is -0.444 e. The van der Waals surface area contributed by atoms with E-state index in [0.29, 0.717) is 6.04 Å². The molecule has 5 heteroatoms. The molecule has 0 radical (unpaired) electrons. The summed E-state index contributed by atoms with van der Waals surface area (Å²) in [5.74, 6) is 1.03. The third kappa shape index (κ3) is 5.59. The fourth-order valence-corrected chi connectivity index (χ4v) is 2.84. The Bertz CT molecular complexity index is 453. The zero-order valence-electron chi connectivity index (χ0n) is 13.0. The van der Waals surface area contributed by atoms with E-state index >= 15 is 0 Å². The van der Waals surface area contributed by atoms with Crippen LogP contribution in [-0.2, 0) is 4.74 Å². The van der Waals surface area contributed by atoms with Gasteiger partial charge in [-0.25, -0.2) is 4.79 Å². The van der Waals surface area contributed by atoms with Crippen LogP contribution in [0.15, 0.2) is 35.2 Å². The van der Waals surface area contributed by atoms with Crippen LogP contribution in [0.25, 0.3) is 0 Å². The van der Waals surface area contributed by atoms with Gasteiger partial charge in [-0.15, -0.1) is 11.8 Å². The number of carbonyl (C=O) groups excluding carboxylic acids is 1. The fourth-order valence-electron chi connectivity index (χ4n) is 2.03. The largest absolute Gasteiger partial charge is 0.444 e. The van der Waals surface area contributed by atoms with Crippen LogP contribution in [0.5, 0.6) is 0 Å². The first kappa shape index (κ1) is 16.2. The first-order valence-electron chi connectivity index (χ1n) is 7.33. The maximum atomic E-state index is 11.8. The second-order valence-corrected chi connectivity index (χ2v) is 7.37. The number of rotatable bonds is 5. The Hall–Kier alpha value is -1.20. The minimum atomic E-state index is -0.415. The highest BCUT2D eigenvalue weighted by Crippen LogP contribution is 2.17. The van der Waals surface area contributed by atoms with Crippen molar-refractivity contribution in [2.75, 3.05) is 25.4 Å². The predicted octanol–water partition coefficient (Wildman–Crippen LogP) is 2.99. The number of hydrogen-bond acceptors (Lipinski definition) is 4. The number of benzene rings is 1. The zero-order chi connectivity index (χ0) is 15.3. The van der Waals surface area contributed by atoms with Crippen molar-refractivity contribution < 1.29 is 9.53 Å². The topological polar surface area (TPSA) is 41.6 Å². The van der Waals surface area contributed by atoms with E-state index in [2.05, 4.69) is 29.6 Å². The molecule has 0 aromatic heterocycles. The molecule has 1 amide bonds. The molecule has 0 atom stereocenters. The van der Waals surface area contributed by atoms with Crippen LogP contribution in [-0.4, -0.2) is 48.0 Å². The lowest BCUT2D eigenvalue weighted by molar-refractivity contribution is 0.00556. The van der Waals surface area contributed by atoms with Gasteiger partial charge in [0, 0.05) is 36.3 Å². The number of amides is 1. The third-order valence-corrected chi connectivity index (χ3v) is 4.09. The molecule has 116 valence electrons. The quantitative estimate of drug-likeness (QED) is 0.671. The van der Waals surface area contributed by atoms with Crippen molar-refractivity contribution in [2.24, 2.45) is 0 Å². The number of ether oxygens (including phenoxy) is 1. The SMILES string of the molecule is CC(C)(C)OC(=O)N1CC(NCCSc2ccccc2)C1. The molecule has 1 heterocycles. The summed E-state index contributed by atoms with van der Waals surface area (Å²) < 4.78 is 5.33. The van der Waals surface area contributed by atoms with Gasteiger partial charge < -0.3 is 15.0 Å². The fraction of sp³-hybridized carbons (Fsp3) is 0.562. The second kappa shape index (κ2) is 7.18. The number of nitrogens with zero attached hydrogens (tertiary/aromatic N) is 1. The van der Waals surface area contributed by atoms with Crippen LogP contribution in [0.1, 0.15) is 20.8 Å². The number of hydrogen-bond donors (Lipinski definition) is 1. The molecule has 0 bridgehead atoms. The smallest absolute Gasteiger partial charge is 0.410 e. The molecule has 4 nitrogen and oxygen atoms in total. The highest BCUT2D eigenvalue weighted by Gasteiger charge is 2.33. The Morgan fingerprint density at radius 2 is 2.00 bits per heavy atom. The molecular formula is C16H24N2O2S. The van der Waals surface area contributed by atoms with Crippen molar-refractivity contribution in [1.29, 1.82) is 0 Å². The number of thioether (sulfide) groups is 1. The molecule has 1 aromatic carbocycles. The van der Waals surface area contributed by atoms with Gasteiger partial charge >= 0.3 is 6.09 Å². The number of likely N-dealkylation sites (tertiary alicyclic amines) is 1. The van der Waals surface area contributed by atoms with E-state index < -0.39 is 5.60 Å². The Kier molecular flexibility index (Phi) is 5.53. The van der Waals surface area contributed by atoms with E-state index in [1.54, 1.807) is 4.90 Å². The Balaban J connectivity index is 1.56. The van der Waals surface area contributed by atoms with Gasteiger partial charge in [0.05, 0.1) is 0 Å². The molecule has 1 aromatic rings. The number of nitrogens with one attached hydrogen (secondary N) is 1. The van der Waals surface area contributed by atoms with Gasteiger partial charge in [-0.05, 0) is 32.9 Å². The highest BCUT2D eigenvalue weighted by molar-refractivity contribution is 7.99. The Morgan fingerprint density at radius 3 is 2.62 bits per heavy atom. The normalized spacial score (nSPS) is 15.7. The van der Waals surface area contributed by atoms with Crippen LogP contribution in [0.4, 0.5) is 4.79 Å². The maximum absolute atomic E-state index is 11.8. The molecule has 1 saturated heterocycles. The molecule has 1 aliphatic heterocycles. The first-order valence-corrected chi connectivity index (χ1v) is 8.32. The average Bonchev–Trinajstić information content (AvgIpc) is 2.35. The summed E-state index contributed by atoms with van der Waals surface area (Å²) in [5, 5.41) is 3.47. The molecule has 0 aliphatic carbocycles. The highest BCUT2D eigenvalue weighted by atomic mass is 32.2. The van der Waals surface area contributed by atoms with Gasteiger partial charge in [-0.2, -0.15) is 0 Å². The monoisotopic (exact) mass is 308 g/mol. The van der Waals surface area contributed by atoms with Gasteiger partial charge in [0.2, 0.25) is 0 Å². The van der Waals surface area contributed by atoms with Gasteiger partial charge in [0.1, 0.15) is 5.60 Å². The summed E-state index contributed by atoms with van der Waals surface area (Å²) in [6.45, 7) is 8.10. The summed E-state index contributed by atoms with van der Waals surface area (Å²) in [7, 11) is 0. The van der Waals surface area contributed by atoms with Crippen LogP contribution < -0.4 is 5.32 Å². The lowest BCUT2D eigenvalue weighted by Gasteiger charge is -2.40. The van der Waals surface area contributed by atoms with E-state index in [1.165, 1.54) is 4.90 Å². The molecule has 0 unspecified atom stereocenters. The summed E-state index contributed by atoms with van der Waals surface area (Å²) in [4.78, 5) is 14.8. The van der Waals surface area contributed by atoms with Crippen LogP contribution in [0, 0.1) is 0 Å². The van der Waals surface area contributed by atoms with Gasteiger partial charge in [0.15, 0.2) is 0 Å². The van der Waals surface area contributed by atoms with Crippen LogP contribution in [0.3, 0.4) is 0 Å². The lowest BCUT2D eigenvalue weighted by Crippen LogP contribution is -2.60. The van der Waals surface area contributed by atoms with Crippen LogP contribution in [0.2, 0.25) is 0 Å². The van der Waals surface area contributed by atoms with Crippen molar-refractivity contribution >= 4 is 17.9 Å². The van der Waals surface area contributed by atoms with Gasteiger partial charge in [-0.3, -0.25) is 0 Å². The molecular weight excluding hydrogens is 284 g/mol. The summed E-state index contributed by atoms with van der Waals surface area (Å²) in [6, 6.07) is 10.8.